The van der Waals surface area contributed by atoms with Crippen molar-refractivity contribution in [1.29, 1.82) is 0 Å². The maximum atomic E-state index is 11.3. The molecule has 0 aliphatic heterocycles. The molecule has 0 radical (unpaired) electrons. The van der Waals surface area contributed by atoms with Crippen LogP contribution in [0.4, 0.5) is 0 Å². The lowest BCUT2D eigenvalue weighted by atomic mass is 10.00. The van der Waals surface area contributed by atoms with Crippen molar-refractivity contribution in [3.63, 3.8) is 0 Å². The number of hydrogen-bond acceptors (Lipinski definition) is 4. The van der Waals surface area contributed by atoms with Gasteiger partial charge in [-0.3, -0.25) is 0 Å². The summed E-state index contributed by atoms with van der Waals surface area (Å²) in [5, 5.41) is 11.9. The van der Waals surface area contributed by atoms with Gasteiger partial charge in [0.15, 0.2) is 0 Å². The molecule has 1 N–H and O–H groups in total. The zero-order valence-electron chi connectivity index (χ0n) is 16.7. The standard InChI is InChI=1S/C25H19ClO4S/c1-29-23-13-17(25(27)28)7-9-20(23)24-19(11-12-31-24)21-14-18(26)8-10-22(21)30-15-16-5-3-2-4-6-16/h2-14H,15H2,1H3,(H,27,28). The van der Waals surface area contributed by atoms with Gasteiger partial charge in [-0.05, 0) is 53.4 Å². The highest BCUT2D eigenvalue weighted by Gasteiger charge is 2.18. The van der Waals surface area contributed by atoms with E-state index in [1.54, 1.807) is 29.5 Å². The fraction of sp³-hybridized carbons (Fsp3) is 0.0800. The zero-order valence-corrected chi connectivity index (χ0v) is 18.2. The molecule has 31 heavy (non-hydrogen) atoms. The van der Waals surface area contributed by atoms with Crippen molar-refractivity contribution in [2.24, 2.45) is 0 Å². The van der Waals surface area contributed by atoms with Crippen molar-refractivity contribution in [1.82, 2.24) is 0 Å². The second kappa shape index (κ2) is 9.25. The maximum absolute atomic E-state index is 11.3. The van der Waals surface area contributed by atoms with Crippen LogP contribution >= 0.6 is 22.9 Å². The molecule has 0 amide bonds. The molecular formula is C25H19ClO4S. The number of aromatic carboxylic acids is 1. The van der Waals surface area contributed by atoms with Crippen LogP contribution in [0.5, 0.6) is 11.5 Å². The van der Waals surface area contributed by atoms with E-state index >= 15 is 0 Å². The fourth-order valence-corrected chi connectivity index (χ4v) is 4.43. The highest BCUT2D eigenvalue weighted by Crippen LogP contribution is 2.45. The van der Waals surface area contributed by atoms with E-state index in [-0.39, 0.29) is 5.56 Å². The lowest BCUT2D eigenvalue weighted by molar-refractivity contribution is 0.0696. The normalized spacial score (nSPS) is 10.6. The lowest BCUT2D eigenvalue weighted by Crippen LogP contribution is -1.98. The van der Waals surface area contributed by atoms with E-state index in [0.29, 0.717) is 23.1 Å². The van der Waals surface area contributed by atoms with E-state index in [0.717, 1.165) is 27.1 Å². The molecular weight excluding hydrogens is 432 g/mol. The van der Waals surface area contributed by atoms with Crippen LogP contribution in [0.15, 0.2) is 78.2 Å². The summed E-state index contributed by atoms with van der Waals surface area (Å²) in [7, 11) is 1.53. The van der Waals surface area contributed by atoms with Crippen molar-refractivity contribution in [2.45, 2.75) is 6.61 Å². The van der Waals surface area contributed by atoms with Gasteiger partial charge in [0.05, 0.1) is 12.7 Å². The van der Waals surface area contributed by atoms with Gasteiger partial charge in [0.1, 0.15) is 18.1 Å². The number of hydrogen-bond donors (Lipinski definition) is 1. The summed E-state index contributed by atoms with van der Waals surface area (Å²) in [6.07, 6.45) is 0. The molecule has 156 valence electrons. The quantitative estimate of drug-likeness (QED) is 0.328. The monoisotopic (exact) mass is 450 g/mol. The summed E-state index contributed by atoms with van der Waals surface area (Å²) >= 11 is 7.87. The second-order valence-corrected chi connectivity index (χ2v) is 8.15. The van der Waals surface area contributed by atoms with E-state index in [1.165, 1.54) is 13.2 Å². The molecule has 4 rings (SSSR count). The van der Waals surface area contributed by atoms with Crippen molar-refractivity contribution >= 4 is 28.9 Å². The largest absolute Gasteiger partial charge is 0.496 e. The van der Waals surface area contributed by atoms with Crippen LogP contribution in [0.3, 0.4) is 0 Å². The Morgan fingerprint density at radius 3 is 2.48 bits per heavy atom. The first-order chi connectivity index (χ1) is 15.1. The predicted octanol–water partition coefficient (Wildman–Crippen LogP) is 7.02. The van der Waals surface area contributed by atoms with Gasteiger partial charge in [0.2, 0.25) is 0 Å². The van der Waals surface area contributed by atoms with Gasteiger partial charge >= 0.3 is 5.97 Å². The number of carbonyl (C=O) groups is 1. The first kappa shape index (κ1) is 21.0. The van der Waals surface area contributed by atoms with Crippen LogP contribution in [0.25, 0.3) is 21.6 Å². The molecule has 1 heterocycles. The molecule has 3 aromatic carbocycles. The van der Waals surface area contributed by atoms with E-state index in [1.807, 2.05) is 53.9 Å². The molecule has 0 aliphatic rings. The summed E-state index contributed by atoms with van der Waals surface area (Å²) in [4.78, 5) is 12.3. The number of carboxylic acids is 1. The molecule has 0 unspecified atom stereocenters. The minimum Gasteiger partial charge on any atom is -0.496 e. The van der Waals surface area contributed by atoms with Gasteiger partial charge in [-0.1, -0.05) is 41.9 Å². The fourth-order valence-electron chi connectivity index (χ4n) is 3.32. The average Bonchev–Trinajstić information content (AvgIpc) is 3.28. The summed E-state index contributed by atoms with van der Waals surface area (Å²) in [5.41, 5.74) is 3.86. The molecule has 0 saturated heterocycles. The Labute approximate surface area is 189 Å². The molecule has 0 bridgehead atoms. The number of methoxy groups -OCH3 is 1. The van der Waals surface area contributed by atoms with Crippen LogP contribution in [-0.2, 0) is 6.61 Å². The van der Waals surface area contributed by atoms with Crippen LogP contribution in [-0.4, -0.2) is 18.2 Å². The number of ether oxygens (including phenoxy) is 2. The van der Waals surface area contributed by atoms with E-state index in [9.17, 15) is 9.90 Å². The third-order valence-electron chi connectivity index (χ3n) is 4.83. The molecule has 4 aromatic rings. The molecule has 4 nitrogen and oxygen atoms in total. The highest BCUT2D eigenvalue weighted by atomic mass is 35.5. The summed E-state index contributed by atoms with van der Waals surface area (Å²) in [6.45, 7) is 0.436. The molecule has 0 saturated carbocycles. The minimum absolute atomic E-state index is 0.174. The first-order valence-electron chi connectivity index (χ1n) is 9.52. The molecule has 0 spiro atoms. The van der Waals surface area contributed by atoms with Crippen molar-refractivity contribution in [2.75, 3.05) is 7.11 Å². The Balaban J connectivity index is 1.75. The van der Waals surface area contributed by atoms with Crippen LogP contribution in [0.1, 0.15) is 15.9 Å². The number of benzene rings is 3. The third kappa shape index (κ3) is 4.58. The van der Waals surface area contributed by atoms with E-state index in [2.05, 4.69) is 0 Å². The molecule has 0 atom stereocenters. The van der Waals surface area contributed by atoms with Crippen LogP contribution in [0, 0.1) is 0 Å². The van der Waals surface area contributed by atoms with Crippen molar-refractivity contribution < 1.29 is 19.4 Å². The maximum Gasteiger partial charge on any atom is 0.335 e. The van der Waals surface area contributed by atoms with Gasteiger partial charge in [-0.15, -0.1) is 11.3 Å². The molecule has 6 heteroatoms. The summed E-state index contributed by atoms with van der Waals surface area (Å²) in [5.74, 6) is 0.217. The van der Waals surface area contributed by atoms with E-state index in [4.69, 9.17) is 21.1 Å². The summed E-state index contributed by atoms with van der Waals surface area (Å²) < 4.78 is 11.6. The molecule has 1 aromatic heterocycles. The van der Waals surface area contributed by atoms with E-state index < -0.39 is 5.97 Å². The average molecular weight is 451 g/mol. The molecule has 0 fully saturated rings. The van der Waals surface area contributed by atoms with Crippen molar-refractivity contribution in [3.05, 3.63) is 94.3 Å². The number of carboxylic acid groups (broad SMARTS) is 1. The Morgan fingerprint density at radius 2 is 1.74 bits per heavy atom. The Bertz CT molecular complexity index is 1220. The zero-order chi connectivity index (χ0) is 21.8. The number of rotatable bonds is 7. The highest BCUT2D eigenvalue weighted by molar-refractivity contribution is 7.14. The number of halogens is 1. The van der Waals surface area contributed by atoms with Crippen molar-refractivity contribution in [3.8, 4) is 33.1 Å². The van der Waals surface area contributed by atoms with Gasteiger partial charge in [-0.2, -0.15) is 0 Å². The predicted molar refractivity (Wildman–Crippen MR) is 124 cm³/mol. The topological polar surface area (TPSA) is 55.8 Å². The van der Waals surface area contributed by atoms with Crippen LogP contribution < -0.4 is 9.47 Å². The summed E-state index contributed by atoms with van der Waals surface area (Å²) in [6, 6.07) is 22.4. The second-order valence-electron chi connectivity index (χ2n) is 6.80. The minimum atomic E-state index is -0.998. The first-order valence-corrected chi connectivity index (χ1v) is 10.8. The third-order valence-corrected chi connectivity index (χ3v) is 6.01. The van der Waals surface area contributed by atoms with Gasteiger partial charge < -0.3 is 14.6 Å². The van der Waals surface area contributed by atoms with Crippen LogP contribution in [0.2, 0.25) is 5.02 Å². The Hall–Kier alpha value is -3.28. The smallest absolute Gasteiger partial charge is 0.335 e. The lowest BCUT2D eigenvalue weighted by Gasteiger charge is -2.14. The van der Waals surface area contributed by atoms with Gasteiger partial charge in [0.25, 0.3) is 0 Å². The molecule has 0 aliphatic carbocycles. The number of thiophene rings is 1. The van der Waals surface area contributed by atoms with Gasteiger partial charge in [0, 0.05) is 26.6 Å². The van der Waals surface area contributed by atoms with Gasteiger partial charge in [-0.25, -0.2) is 4.79 Å². The Morgan fingerprint density at radius 1 is 0.935 bits per heavy atom. The SMILES string of the molecule is COc1cc(C(=O)O)ccc1-c1sccc1-c1cc(Cl)ccc1OCc1ccccc1. The Kier molecular flexibility index (Phi) is 6.26.